The lowest BCUT2D eigenvalue weighted by Gasteiger charge is -2.22. The van der Waals surface area contributed by atoms with Crippen molar-refractivity contribution in [3.8, 4) is 0 Å². The Kier molecular flexibility index (Phi) is 3.47. The van der Waals surface area contributed by atoms with E-state index in [-0.39, 0.29) is 11.9 Å². The van der Waals surface area contributed by atoms with Crippen LogP contribution in [0.25, 0.3) is 10.2 Å². The molecule has 0 aliphatic carbocycles. The number of benzene rings is 1. The SMILES string of the molecule is CC(c1nc2ccccc2s1)N(C)C(=O)c1cnn(C)c1. The van der Waals surface area contributed by atoms with Crippen LogP contribution in [0.5, 0.6) is 0 Å². The van der Waals surface area contributed by atoms with Crippen molar-refractivity contribution in [1.29, 1.82) is 0 Å². The minimum Gasteiger partial charge on any atom is -0.332 e. The molecule has 0 N–H and O–H groups in total. The summed E-state index contributed by atoms with van der Waals surface area (Å²) in [7, 11) is 3.60. The number of amides is 1. The Hall–Kier alpha value is -2.21. The second-order valence-electron chi connectivity index (χ2n) is 5.01. The van der Waals surface area contributed by atoms with Crippen LogP contribution in [0.15, 0.2) is 36.7 Å². The van der Waals surface area contributed by atoms with Gasteiger partial charge in [-0.3, -0.25) is 9.48 Å². The average Bonchev–Trinajstić information content (AvgIpc) is 3.10. The molecule has 1 amide bonds. The molecule has 2 aromatic heterocycles. The zero-order chi connectivity index (χ0) is 15.0. The Balaban J connectivity index is 1.86. The third-order valence-corrected chi connectivity index (χ3v) is 4.73. The molecular weight excluding hydrogens is 284 g/mol. The number of carbonyl (C=O) groups excluding carboxylic acids is 1. The number of thiazole rings is 1. The fourth-order valence-corrected chi connectivity index (χ4v) is 3.21. The van der Waals surface area contributed by atoms with Gasteiger partial charge in [0, 0.05) is 20.3 Å². The van der Waals surface area contributed by atoms with Crippen LogP contribution in [0.2, 0.25) is 0 Å². The number of aryl methyl sites for hydroxylation is 1. The van der Waals surface area contributed by atoms with E-state index in [4.69, 9.17) is 0 Å². The average molecular weight is 300 g/mol. The van der Waals surface area contributed by atoms with Gasteiger partial charge in [0.2, 0.25) is 0 Å². The zero-order valence-electron chi connectivity index (χ0n) is 12.1. The van der Waals surface area contributed by atoms with Crippen molar-refractivity contribution >= 4 is 27.5 Å². The molecule has 21 heavy (non-hydrogen) atoms. The first kappa shape index (κ1) is 13.8. The number of rotatable bonds is 3. The third kappa shape index (κ3) is 2.54. The lowest BCUT2D eigenvalue weighted by atomic mass is 10.2. The maximum atomic E-state index is 12.4. The van der Waals surface area contributed by atoms with Gasteiger partial charge in [0.1, 0.15) is 5.01 Å². The van der Waals surface area contributed by atoms with Gasteiger partial charge in [-0.15, -0.1) is 11.3 Å². The van der Waals surface area contributed by atoms with Crippen molar-refractivity contribution in [2.45, 2.75) is 13.0 Å². The summed E-state index contributed by atoms with van der Waals surface area (Å²) >= 11 is 1.63. The number of carbonyl (C=O) groups is 1. The normalized spacial score (nSPS) is 12.5. The number of aromatic nitrogens is 3. The molecule has 0 spiro atoms. The van der Waals surface area contributed by atoms with E-state index >= 15 is 0 Å². The van der Waals surface area contributed by atoms with Crippen LogP contribution in [0.4, 0.5) is 0 Å². The van der Waals surface area contributed by atoms with E-state index in [0.29, 0.717) is 5.56 Å². The highest BCUT2D eigenvalue weighted by Gasteiger charge is 2.22. The van der Waals surface area contributed by atoms with Gasteiger partial charge in [-0.2, -0.15) is 5.10 Å². The first-order valence-electron chi connectivity index (χ1n) is 6.67. The minimum absolute atomic E-state index is 0.0464. The van der Waals surface area contributed by atoms with Crippen LogP contribution in [0.3, 0.4) is 0 Å². The molecule has 0 fully saturated rings. The number of nitrogens with zero attached hydrogens (tertiary/aromatic N) is 4. The molecule has 0 aliphatic heterocycles. The Bertz CT molecular complexity index is 759. The first-order valence-corrected chi connectivity index (χ1v) is 7.49. The summed E-state index contributed by atoms with van der Waals surface area (Å²) in [6, 6.07) is 7.94. The summed E-state index contributed by atoms with van der Waals surface area (Å²) in [5.41, 5.74) is 1.57. The van der Waals surface area contributed by atoms with Crippen molar-refractivity contribution in [2.75, 3.05) is 7.05 Å². The minimum atomic E-state index is -0.0740. The van der Waals surface area contributed by atoms with E-state index in [2.05, 4.69) is 10.1 Å². The Morgan fingerprint density at radius 2 is 2.14 bits per heavy atom. The third-order valence-electron chi connectivity index (χ3n) is 3.52. The Morgan fingerprint density at radius 3 is 2.81 bits per heavy atom. The van der Waals surface area contributed by atoms with E-state index in [9.17, 15) is 4.79 Å². The number of hydrogen-bond acceptors (Lipinski definition) is 4. The standard InChI is InChI=1S/C15H16N4OS/c1-10(14-17-12-6-4-5-7-13(12)21-14)19(3)15(20)11-8-16-18(2)9-11/h4-10H,1-3H3. The number of para-hydroxylation sites is 1. The van der Waals surface area contributed by atoms with Crippen LogP contribution in [0, 0.1) is 0 Å². The van der Waals surface area contributed by atoms with Gasteiger partial charge in [0.15, 0.2) is 0 Å². The monoisotopic (exact) mass is 300 g/mol. The summed E-state index contributed by atoms with van der Waals surface area (Å²) in [4.78, 5) is 18.8. The number of hydrogen-bond donors (Lipinski definition) is 0. The summed E-state index contributed by atoms with van der Waals surface area (Å²) in [6.07, 6.45) is 3.31. The van der Waals surface area contributed by atoms with Crippen molar-refractivity contribution in [3.05, 3.63) is 47.2 Å². The maximum Gasteiger partial charge on any atom is 0.257 e. The van der Waals surface area contributed by atoms with Crippen LogP contribution in [0.1, 0.15) is 28.3 Å². The molecule has 1 unspecified atom stereocenters. The smallest absolute Gasteiger partial charge is 0.257 e. The van der Waals surface area contributed by atoms with Gasteiger partial charge in [0.25, 0.3) is 5.91 Å². The van der Waals surface area contributed by atoms with E-state index in [1.165, 1.54) is 0 Å². The molecule has 1 atom stereocenters. The molecule has 3 rings (SSSR count). The van der Waals surface area contributed by atoms with Crippen molar-refractivity contribution < 1.29 is 4.79 Å². The van der Waals surface area contributed by atoms with E-state index in [1.54, 1.807) is 47.4 Å². The van der Waals surface area contributed by atoms with Gasteiger partial charge in [-0.1, -0.05) is 12.1 Å². The van der Waals surface area contributed by atoms with E-state index in [1.807, 2.05) is 31.2 Å². The predicted molar refractivity (Wildman–Crippen MR) is 83.3 cm³/mol. The van der Waals surface area contributed by atoms with Gasteiger partial charge in [-0.25, -0.2) is 4.98 Å². The van der Waals surface area contributed by atoms with Crippen LogP contribution in [-0.2, 0) is 7.05 Å². The molecular formula is C15H16N4OS. The Morgan fingerprint density at radius 1 is 1.38 bits per heavy atom. The van der Waals surface area contributed by atoms with E-state index in [0.717, 1.165) is 15.2 Å². The lowest BCUT2D eigenvalue weighted by molar-refractivity contribution is 0.0742. The maximum absolute atomic E-state index is 12.4. The molecule has 5 nitrogen and oxygen atoms in total. The molecule has 6 heteroatoms. The molecule has 0 aliphatic rings. The summed E-state index contributed by atoms with van der Waals surface area (Å²) in [6.45, 7) is 1.99. The van der Waals surface area contributed by atoms with Gasteiger partial charge in [-0.05, 0) is 19.1 Å². The predicted octanol–water partition coefficient (Wildman–Crippen LogP) is 2.86. The molecule has 0 radical (unpaired) electrons. The second kappa shape index (κ2) is 5.29. The quantitative estimate of drug-likeness (QED) is 0.747. The fourth-order valence-electron chi connectivity index (χ4n) is 2.15. The Labute approximate surface area is 126 Å². The second-order valence-corrected chi connectivity index (χ2v) is 6.08. The highest BCUT2D eigenvalue weighted by Crippen LogP contribution is 2.29. The molecule has 0 saturated carbocycles. The fraction of sp³-hybridized carbons (Fsp3) is 0.267. The van der Waals surface area contributed by atoms with Crippen molar-refractivity contribution in [2.24, 2.45) is 7.05 Å². The molecule has 0 saturated heterocycles. The van der Waals surface area contributed by atoms with Crippen molar-refractivity contribution in [3.63, 3.8) is 0 Å². The summed E-state index contributed by atoms with van der Waals surface area (Å²) in [5.74, 6) is -0.0464. The van der Waals surface area contributed by atoms with E-state index < -0.39 is 0 Å². The highest BCUT2D eigenvalue weighted by molar-refractivity contribution is 7.18. The lowest BCUT2D eigenvalue weighted by Crippen LogP contribution is -2.29. The highest BCUT2D eigenvalue weighted by atomic mass is 32.1. The first-order chi connectivity index (χ1) is 10.1. The molecule has 1 aromatic carbocycles. The van der Waals surface area contributed by atoms with Gasteiger partial charge < -0.3 is 4.90 Å². The van der Waals surface area contributed by atoms with Gasteiger partial charge >= 0.3 is 0 Å². The number of fused-ring (bicyclic) bond motifs is 1. The summed E-state index contributed by atoms with van der Waals surface area (Å²) < 4.78 is 2.77. The molecule has 108 valence electrons. The zero-order valence-corrected chi connectivity index (χ0v) is 13.0. The largest absolute Gasteiger partial charge is 0.332 e. The molecule has 0 bridgehead atoms. The van der Waals surface area contributed by atoms with Gasteiger partial charge in [0.05, 0.1) is 28.0 Å². The summed E-state index contributed by atoms with van der Waals surface area (Å²) in [5, 5.41) is 4.98. The molecule has 3 aromatic rings. The van der Waals surface area contributed by atoms with Crippen LogP contribution in [-0.4, -0.2) is 32.6 Å². The van der Waals surface area contributed by atoms with Crippen LogP contribution < -0.4 is 0 Å². The topological polar surface area (TPSA) is 51.0 Å². The van der Waals surface area contributed by atoms with Crippen LogP contribution >= 0.6 is 11.3 Å². The molecule has 2 heterocycles. The van der Waals surface area contributed by atoms with Crippen molar-refractivity contribution in [1.82, 2.24) is 19.7 Å².